The lowest BCUT2D eigenvalue weighted by Crippen LogP contribution is -2.16. The van der Waals surface area contributed by atoms with E-state index < -0.39 is 35.2 Å². The number of aromatic nitrogens is 2. The van der Waals surface area contributed by atoms with E-state index in [0.29, 0.717) is 5.56 Å². The minimum Gasteiger partial charge on any atom is -0.490 e. The first-order chi connectivity index (χ1) is 14.1. The second kappa shape index (κ2) is 8.35. The Labute approximate surface area is 165 Å². The second-order valence-electron chi connectivity index (χ2n) is 5.78. The van der Waals surface area contributed by atoms with E-state index >= 15 is 0 Å². The van der Waals surface area contributed by atoms with Crippen molar-refractivity contribution < 1.29 is 40.7 Å². The highest BCUT2D eigenvalue weighted by Gasteiger charge is 2.31. The third-order valence-electron chi connectivity index (χ3n) is 3.69. The molecule has 1 amide bonds. The van der Waals surface area contributed by atoms with Crippen molar-refractivity contribution in [1.82, 2.24) is 10.1 Å². The summed E-state index contributed by atoms with van der Waals surface area (Å²) in [5.74, 6) is -4.20. The number of rotatable bonds is 7. The van der Waals surface area contributed by atoms with Gasteiger partial charge < -0.3 is 19.7 Å². The van der Waals surface area contributed by atoms with E-state index in [2.05, 4.69) is 14.9 Å². The van der Waals surface area contributed by atoms with Gasteiger partial charge in [0, 0.05) is 5.56 Å². The zero-order valence-electron chi connectivity index (χ0n) is 14.9. The fourth-order valence-corrected chi connectivity index (χ4v) is 2.40. The molecule has 2 aromatic carbocycles. The normalized spacial score (nSPS) is 11.4. The molecule has 7 nitrogen and oxygen atoms in total. The van der Waals surface area contributed by atoms with Crippen LogP contribution in [0.1, 0.15) is 16.2 Å². The number of hydrogen-bond acceptors (Lipinski definition) is 6. The Morgan fingerprint density at radius 2 is 1.80 bits per heavy atom. The van der Waals surface area contributed by atoms with Crippen molar-refractivity contribution in [2.45, 2.75) is 12.8 Å². The lowest BCUT2D eigenvalue weighted by molar-refractivity contribution is -0.274. The van der Waals surface area contributed by atoms with Crippen LogP contribution < -0.4 is 15.2 Å². The molecule has 0 aliphatic carbocycles. The van der Waals surface area contributed by atoms with Gasteiger partial charge in [-0.2, -0.15) is 4.98 Å². The Kier molecular flexibility index (Phi) is 5.85. The first-order valence-electron chi connectivity index (χ1n) is 8.23. The summed E-state index contributed by atoms with van der Waals surface area (Å²) in [4.78, 5) is 15.2. The van der Waals surface area contributed by atoms with Crippen LogP contribution in [0.3, 0.4) is 0 Å². The van der Waals surface area contributed by atoms with E-state index in [1.165, 1.54) is 12.1 Å². The summed E-state index contributed by atoms with van der Waals surface area (Å²) in [5.41, 5.74) is 4.39. The molecule has 1 aromatic heterocycles. The van der Waals surface area contributed by atoms with Crippen LogP contribution in [-0.4, -0.2) is 29.0 Å². The van der Waals surface area contributed by atoms with Crippen LogP contribution in [0.4, 0.5) is 22.0 Å². The van der Waals surface area contributed by atoms with E-state index in [-0.39, 0.29) is 30.5 Å². The van der Waals surface area contributed by atoms with Crippen LogP contribution in [0, 0.1) is 11.6 Å². The highest BCUT2D eigenvalue weighted by atomic mass is 19.4. The molecule has 30 heavy (non-hydrogen) atoms. The highest BCUT2D eigenvalue weighted by molar-refractivity contribution is 5.93. The lowest BCUT2D eigenvalue weighted by Gasteiger charge is -2.08. The molecule has 0 saturated heterocycles. The number of alkyl halides is 3. The van der Waals surface area contributed by atoms with E-state index in [9.17, 15) is 26.7 Å². The molecule has 0 aliphatic heterocycles. The van der Waals surface area contributed by atoms with Crippen molar-refractivity contribution in [2.75, 3.05) is 6.61 Å². The lowest BCUT2D eigenvalue weighted by atomic mass is 10.1. The average Bonchev–Trinajstić information content (AvgIpc) is 3.11. The van der Waals surface area contributed by atoms with Crippen LogP contribution in [0.2, 0.25) is 0 Å². The number of hydrogen-bond donors (Lipinski definition) is 1. The van der Waals surface area contributed by atoms with Crippen molar-refractivity contribution in [2.24, 2.45) is 5.73 Å². The van der Waals surface area contributed by atoms with Crippen LogP contribution in [0.15, 0.2) is 40.9 Å². The number of carbonyl (C=O) groups excluding carboxylic acids is 1. The Balaban J connectivity index is 1.62. The summed E-state index contributed by atoms with van der Waals surface area (Å²) in [6.45, 7) is -0.152. The topological polar surface area (TPSA) is 100 Å². The SMILES string of the molecule is NC(=O)c1c(F)ccc(OCCc2nc(-c3ccc(OC(F)(F)F)cc3)no2)c1F. The molecule has 0 radical (unpaired) electrons. The third-order valence-corrected chi connectivity index (χ3v) is 3.69. The van der Waals surface area contributed by atoms with Crippen LogP contribution in [0.25, 0.3) is 11.4 Å². The summed E-state index contributed by atoms with van der Waals surface area (Å²) in [6, 6.07) is 6.65. The fraction of sp³-hybridized carbons (Fsp3) is 0.167. The molecule has 0 unspecified atom stereocenters. The summed E-state index contributed by atoms with van der Waals surface area (Å²) in [7, 11) is 0. The predicted octanol–water partition coefficient (Wildman–Crippen LogP) is 3.63. The average molecular weight is 429 g/mol. The van der Waals surface area contributed by atoms with Gasteiger partial charge in [0.1, 0.15) is 17.1 Å². The van der Waals surface area contributed by atoms with Gasteiger partial charge in [-0.25, -0.2) is 8.78 Å². The molecule has 12 heteroatoms. The molecule has 0 spiro atoms. The van der Waals surface area contributed by atoms with Gasteiger partial charge >= 0.3 is 6.36 Å². The van der Waals surface area contributed by atoms with Crippen molar-refractivity contribution in [3.05, 3.63) is 59.5 Å². The molecule has 0 fully saturated rings. The van der Waals surface area contributed by atoms with Crippen LogP contribution >= 0.6 is 0 Å². The Morgan fingerprint density at radius 3 is 2.43 bits per heavy atom. The van der Waals surface area contributed by atoms with Crippen LogP contribution in [0.5, 0.6) is 11.5 Å². The molecule has 3 rings (SSSR count). The molecule has 2 N–H and O–H groups in total. The highest BCUT2D eigenvalue weighted by Crippen LogP contribution is 2.26. The molecule has 158 valence electrons. The van der Waals surface area contributed by atoms with Crippen molar-refractivity contribution in [3.8, 4) is 22.9 Å². The minimum atomic E-state index is -4.80. The van der Waals surface area contributed by atoms with Crippen molar-refractivity contribution >= 4 is 5.91 Å². The Hall–Kier alpha value is -3.70. The summed E-state index contributed by atoms with van der Waals surface area (Å²) >= 11 is 0. The Morgan fingerprint density at radius 1 is 1.10 bits per heavy atom. The maximum atomic E-state index is 14.1. The van der Waals surface area contributed by atoms with Gasteiger partial charge in [-0.15, -0.1) is 13.2 Å². The third kappa shape index (κ3) is 5.01. The maximum Gasteiger partial charge on any atom is 0.573 e. The molecule has 1 heterocycles. The fourth-order valence-electron chi connectivity index (χ4n) is 2.40. The first-order valence-corrected chi connectivity index (χ1v) is 8.23. The number of nitrogens with zero attached hydrogens (tertiary/aromatic N) is 2. The zero-order valence-corrected chi connectivity index (χ0v) is 14.9. The van der Waals surface area contributed by atoms with Gasteiger partial charge in [0.15, 0.2) is 11.6 Å². The standard InChI is InChI=1S/C18H12F5N3O4/c19-11-5-6-12(15(20)14(11)16(24)27)28-8-7-13-25-17(26-30-13)9-1-3-10(4-2-9)29-18(21,22)23/h1-6H,7-8H2,(H2,24,27). The van der Waals surface area contributed by atoms with Gasteiger partial charge in [-0.3, -0.25) is 4.79 Å². The van der Waals surface area contributed by atoms with E-state index in [1.807, 2.05) is 0 Å². The van der Waals surface area contributed by atoms with E-state index in [0.717, 1.165) is 24.3 Å². The molecule has 0 atom stereocenters. The zero-order chi connectivity index (χ0) is 21.9. The molecule has 0 bridgehead atoms. The summed E-state index contributed by atoms with van der Waals surface area (Å²) in [6.07, 6.45) is -4.77. The summed E-state index contributed by atoms with van der Waals surface area (Å²) in [5, 5.41) is 3.69. The number of carbonyl (C=O) groups is 1. The number of benzene rings is 2. The largest absolute Gasteiger partial charge is 0.573 e. The van der Waals surface area contributed by atoms with Crippen LogP contribution in [-0.2, 0) is 6.42 Å². The maximum absolute atomic E-state index is 14.1. The Bertz CT molecular complexity index is 1050. The number of amides is 1. The van der Waals surface area contributed by atoms with Crippen molar-refractivity contribution in [1.29, 1.82) is 0 Å². The van der Waals surface area contributed by atoms with Gasteiger partial charge in [0.2, 0.25) is 11.7 Å². The van der Waals surface area contributed by atoms with Gasteiger partial charge in [0.25, 0.3) is 5.91 Å². The van der Waals surface area contributed by atoms with E-state index in [4.69, 9.17) is 15.0 Å². The number of halogens is 5. The van der Waals surface area contributed by atoms with E-state index in [1.54, 1.807) is 0 Å². The smallest absolute Gasteiger partial charge is 0.490 e. The minimum absolute atomic E-state index is 0.0327. The number of ether oxygens (including phenoxy) is 2. The van der Waals surface area contributed by atoms with Crippen molar-refractivity contribution in [3.63, 3.8) is 0 Å². The number of primary amides is 1. The summed E-state index contributed by atoms with van der Waals surface area (Å²) < 4.78 is 78.0. The number of nitrogens with two attached hydrogens (primary N) is 1. The van der Waals surface area contributed by atoms with Gasteiger partial charge in [0.05, 0.1) is 13.0 Å². The van der Waals surface area contributed by atoms with Gasteiger partial charge in [-0.1, -0.05) is 5.16 Å². The molecule has 0 aliphatic rings. The monoisotopic (exact) mass is 429 g/mol. The second-order valence-corrected chi connectivity index (χ2v) is 5.78. The first kappa shape index (κ1) is 21.0. The predicted molar refractivity (Wildman–Crippen MR) is 90.5 cm³/mol. The molecule has 3 aromatic rings. The quantitative estimate of drug-likeness (QED) is 0.576. The van der Waals surface area contributed by atoms with Gasteiger partial charge in [-0.05, 0) is 36.4 Å². The molecular weight excluding hydrogens is 417 g/mol. The molecule has 0 saturated carbocycles. The molecular formula is C18H12F5N3O4.